The van der Waals surface area contributed by atoms with E-state index in [1.54, 1.807) is 10.9 Å². The van der Waals surface area contributed by atoms with Crippen molar-refractivity contribution in [2.24, 2.45) is 7.05 Å². The van der Waals surface area contributed by atoms with E-state index >= 15 is 0 Å². The zero-order valence-electron chi connectivity index (χ0n) is 10.2. The fourth-order valence-electron chi connectivity index (χ4n) is 1.68. The van der Waals surface area contributed by atoms with Crippen LogP contribution in [-0.4, -0.2) is 31.1 Å². The molecule has 1 N–H and O–H groups in total. The Kier molecular flexibility index (Phi) is 3.80. The van der Waals surface area contributed by atoms with Crippen molar-refractivity contribution < 1.29 is 0 Å². The van der Waals surface area contributed by atoms with Crippen LogP contribution in [0.15, 0.2) is 6.20 Å². The molecule has 0 spiro atoms. The summed E-state index contributed by atoms with van der Waals surface area (Å²) in [6.45, 7) is 5.06. The number of nitrogens with zero attached hydrogens (tertiary/aromatic N) is 5. The van der Waals surface area contributed by atoms with Crippen LogP contribution < -0.4 is 5.32 Å². The minimum atomic E-state index is 0.0787. The zero-order chi connectivity index (χ0) is 12.3. The molecular formula is C10H16N6S. The summed E-state index contributed by atoms with van der Waals surface area (Å²) < 4.78 is 5.78. The summed E-state index contributed by atoms with van der Waals surface area (Å²) in [5, 5.41) is 15.5. The van der Waals surface area contributed by atoms with E-state index in [0.29, 0.717) is 0 Å². The molecule has 7 heteroatoms. The molecular weight excluding hydrogens is 236 g/mol. The molecule has 17 heavy (non-hydrogen) atoms. The van der Waals surface area contributed by atoms with Crippen LogP contribution in [0.3, 0.4) is 0 Å². The van der Waals surface area contributed by atoms with Crippen LogP contribution in [-0.2, 0) is 7.05 Å². The van der Waals surface area contributed by atoms with Crippen molar-refractivity contribution in [3.8, 4) is 0 Å². The number of aryl methyl sites for hydroxylation is 2. The number of rotatable bonds is 5. The summed E-state index contributed by atoms with van der Waals surface area (Å²) in [7, 11) is 1.90. The van der Waals surface area contributed by atoms with E-state index in [9.17, 15) is 0 Å². The number of aromatic nitrogens is 5. The minimum absolute atomic E-state index is 0.0787. The molecule has 2 rings (SSSR count). The summed E-state index contributed by atoms with van der Waals surface area (Å²) in [5.41, 5.74) is 2.00. The van der Waals surface area contributed by atoms with Gasteiger partial charge in [-0.15, -0.1) is 10.2 Å². The van der Waals surface area contributed by atoms with Gasteiger partial charge < -0.3 is 5.32 Å². The predicted molar refractivity (Wildman–Crippen MR) is 65.8 cm³/mol. The first-order valence-corrected chi connectivity index (χ1v) is 6.38. The van der Waals surface area contributed by atoms with Crippen LogP contribution in [0.1, 0.15) is 35.7 Å². The topological polar surface area (TPSA) is 68.5 Å². The van der Waals surface area contributed by atoms with Gasteiger partial charge in [0.05, 0.1) is 28.5 Å². The fourth-order valence-corrected chi connectivity index (χ4v) is 2.42. The Labute approximate surface area is 104 Å². The van der Waals surface area contributed by atoms with Gasteiger partial charge in [0, 0.05) is 7.05 Å². The van der Waals surface area contributed by atoms with Gasteiger partial charge >= 0.3 is 0 Å². The Balaban J connectivity index is 2.32. The van der Waals surface area contributed by atoms with E-state index in [1.165, 1.54) is 11.5 Å². The molecule has 0 saturated heterocycles. The highest BCUT2D eigenvalue weighted by atomic mass is 32.1. The lowest BCUT2D eigenvalue weighted by Crippen LogP contribution is -2.25. The molecule has 0 aliphatic carbocycles. The van der Waals surface area contributed by atoms with Crippen LogP contribution in [0.25, 0.3) is 0 Å². The van der Waals surface area contributed by atoms with Gasteiger partial charge in [-0.2, -0.15) is 0 Å². The Morgan fingerprint density at radius 1 is 1.53 bits per heavy atom. The maximum absolute atomic E-state index is 4.06. The van der Waals surface area contributed by atoms with Gasteiger partial charge in [0.1, 0.15) is 0 Å². The quantitative estimate of drug-likeness (QED) is 0.862. The third-order valence-electron chi connectivity index (χ3n) is 2.59. The Morgan fingerprint density at radius 2 is 2.35 bits per heavy atom. The molecule has 92 valence electrons. The maximum atomic E-state index is 4.06. The number of nitrogens with one attached hydrogen (secondary N) is 1. The van der Waals surface area contributed by atoms with Gasteiger partial charge in [0.15, 0.2) is 0 Å². The molecule has 6 nitrogen and oxygen atoms in total. The van der Waals surface area contributed by atoms with Crippen molar-refractivity contribution in [1.82, 2.24) is 29.9 Å². The predicted octanol–water partition coefficient (Wildman–Crippen LogP) is 1.06. The third-order valence-corrected chi connectivity index (χ3v) is 3.48. The van der Waals surface area contributed by atoms with Gasteiger partial charge in [-0.3, -0.25) is 4.68 Å². The first-order chi connectivity index (χ1) is 8.24. The standard InChI is InChI=1S/C10H16N6S/c1-4-5-11-9(8-6-12-14-16(8)3)10-7(2)13-15-17-10/h6,9,11H,4-5H2,1-3H3. The Hall–Kier alpha value is -1.34. The van der Waals surface area contributed by atoms with Crippen molar-refractivity contribution in [2.75, 3.05) is 6.54 Å². The highest BCUT2D eigenvalue weighted by molar-refractivity contribution is 7.05. The summed E-state index contributed by atoms with van der Waals surface area (Å²) in [4.78, 5) is 1.13. The average molecular weight is 252 g/mol. The van der Waals surface area contributed by atoms with Gasteiger partial charge in [-0.1, -0.05) is 16.6 Å². The van der Waals surface area contributed by atoms with E-state index in [1.807, 2.05) is 14.0 Å². The molecule has 1 unspecified atom stereocenters. The van der Waals surface area contributed by atoms with Crippen molar-refractivity contribution in [2.45, 2.75) is 26.3 Å². The smallest absolute Gasteiger partial charge is 0.0893 e. The van der Waals surface area contributed by atoms with E-state index in [0.717, 1.165) is 29.2 Å². The Morgan fingerprint density at radius 3 is 2.88 bits per heavy atom. The minimum Gasteiger partial charge on any atom is -0.304 e. The monoisotopic (exact) mass is 252 g/mol. The summed E-state index contributed by atoms with van der Waals surface area (Å²) >= 11 is 1.42. The molecule has 0 amide bonds. The molecule has 0 aliphatic rings. The first kappa shape index (κ1) is 12.1. The molecule has 0 fully saturated rings. The number of hydrogen-bond acceptors (Lipinski definition) is 6. The molecule has 1 atom stereocenters. The van der Waals surface area contributed by atoms with Gasteiger partial charge in [0.25, 0.3) is 0 Å². The normalized spacial score (nSPS) is 12.9. The van der Waals surface area contributed by atoms with Crippen LogP contribution >= 0.6 is 11.5 Å². The third kappa shape index (κ3) is 2.50. The SMILES string of the molecule is CCCNC(c1snnc1C)c1cnnn1C. The molecule has 2 heterocycles. The second kappa shape index (κ2) is 5.33. The Bertz CT molecular complexity index is 436. The molecule has 0 aliphatic heterocycles. The van der Waals surface area contributed by atoms with E-state index in [4.69, 9.17) is 0 Å². The molecule has 2 aromatic rings. The lowest BCUT2D eigenvalue weighted by Gasteiger charge is -2.16. The molecule has 0 radical (unpaired) electrons. The summed E-state index contributed by atoms with van der Waals surface area (Å²) in [5.74, 6) is 0. The summed E-state index contributed by atoms with van der Waals surface area (Å²) in [6, 6.07) is 0.0787. The van der Waals surface area contributed by atoms with Crippen LogP contribution in [0, 0.1) is 6.92 Å². The molecule has 0 aromatic carbocycles. The van der Waals surface area contributed by atoms with E-state index < -0.39 is 0 Å². The molecule has 0 saturated carbocycles. The van der Waals surface area contributed by atoms with Gasteiger partial charge in [-0.25, -0.2) is 0 Å². The lowest BCUT2D eigenvalue weighted by atomic mass is 10.1. The van der Waals surface area contributed by atoms with E-state index in [-0.39, 0.29) is 6.04 Å². The zero-order valence-corrected chi connectivity index (χ0v) is 11.0. The van der Waals surface area contributed by atoms with Crippen molar-refractivity contribution in [3.63, 3.8) is 0 Å². The molecule has 2 aromatic heterocycles. The highest BCUT2D eigenvalue weighted by Crippen LogP contribution is 2.25. The molecule has 0 bridgehead atoms. The lowest BCUT2D eigenvalue weighted by molar-refractivity contribution is 0.554. The van der Waals surface area contributed by atoms with Crippen molar-refractivity contribution >= 4 is 11.5 Å². The first-order valence-electron chi connectivity index (χ1n) is 5.60. The van der Waals surface area contributed by atoms with Crippen LogP contribution in [0.2, 0.25) is 0 Å². The van der Waals surface area contributed by atoms with E-state index in [2.05, 4.69) is 32.1 Å². The summed E-state index contributed by atoms with van der Waals surface area (Å²) in [6.07, 6.45) is 2.86. The van der Waals surface area contributed by atoms with Crippen LogP contribution in [0.5, 0.6) is 0 Å². The highest BCUT2D eigenvalue weighted by Gasteiger charge is 2.21. The van der Waals surface area contributed by atoms with Gasteiger partial charge in [0.2, 0.25) is 0 Å². The number of hydrogen-bond donors (Lipinski definition) is 1. The largest absolute Gasteiger partial charge is 0.304 e. The second-order valence-electron chi connectivity index (χ2n) is 3.89. The average Bonchev–Trinajstić information content (AvgIpc) is 2.90. The van der Waals surface area contributed by atoms with Crippen molar-refractivity contribution in [3.05, 3.63) is 22.5 Å². The van der Waals surface area contributed by atoms with Crippen molar-refractivity contribution in [1.29, 1.82) is 0 Å². The van der Waals surface area contributed by atoms with Crippen LogP contribution in [0.4, 0.5) is 0 Å². The maximum Gasteiger partial charge on any atom is 0.0893 e. The fraction of sp³-hybridized carbons (Fsp3) is 0.600. The van der Waals surface area contributed by atoms with Gasteiger partial charge in [-0.05, 0) is 31.4 Å². The second-order valence-corrected chi connectivity index (χ2v) is 4.68.